The smallest absolute Gasteiger partial charge is 0.0445 e. The SMILES string of the molecule is CC(CCCC(C)C(C)C[Si](C)(C)C)C(C)C[Si](C)(C)C. The number of hydrogen-bond donors (Lipinski definition) is 0. The fraction of sp³-hybridized carbons (Fsp3) is 1.00. The van der Waals surface area contributed by atoms with Crippen molar-refractivity contribution in [3.05, 3.63) is 0 Å². The van der Waals surface area contributed by atoms with E-state index in [0.29, 0.717) is 0 Å². The molecule has 0 heterocycles. The molecule has 0 rings (SSSR count). The Balaban J connectivity index is 4.02. The van der Waals surface area contributed by atoms with E-state index in [2.05, 4.69) is 67.0 Å². The Morgan fingerprint density at radius 3 is 1.05 bits per heavy atom. The van der Waals surface area contributed by atoms with Gasteiger partial charge in [-0.15, -0.1) is 0 Å². The first kappa shape index (κ1) is 21.4. The lowest BCUT2D eigenvalue weighted by molar-refractivity contribution is 0.328. The van der Waals surface area contributed by atoms with E-state index in [1.165, 1.54) is 31.4 Å². The molecule has 4 unspecified atom stereocenters. The Hall–Kier alpha value is 0.434. The van der Waals surface area contributed by atoms with Crippen LogP contribution in [0, 0.1) is 23.7 Å². The second kappa shape index (κ2) is 8.91. The van der Waals surface area contributed by atoms with Gasteiger partial charge in [0.2, 0.25) is 0 Å². The lowest BCUT2D eigenvalue weighted by Gasteiger charge is -2.28. The van der Waals surface area contributed by atoms with Crippen LogP contribution in [0.4, 0.5) is 0 Å². The maximum atomic E-state index is 2.51. The average molecular weight is 329 g/mol. The van der Waals surface area contributed by atoms with Gasteiger partial charge in [-0.3, -0.25) is 0 Å². The zero-order valence-electron chi connectivity index (χ0n) is 16.8. The highest BCUT2D eigenvalue weighted by molar-refractivity contribution is 6.76. The van der Waals surface area contributed by atoms with Crippen LogP contribution in [0.1, 0.15) is 47.0 Å². The van der Waals surface area contributed by atoms with Gasteiger partial charge in [-0.1, -0.05) is 98.3 Å². The zero-order chi connectivity index (χ0) is 16.8. The van der Waals surface area contributed by atoms with Crippen LogP contribution >= 0.6 is 0 Å². The summed E-state index contributed by atoms with van der Waals surface area (Å²) in [6.45, 7) is 25.0. The molecular formula is C19H44Si2. The van der Waals surface area contributed by atoms with Crippen molar-refractivity contribution in [1.29, 1.82) is 0 Å². The van der Waals surface area contributed by atoms with Crippen molar-refractivity contribution >= 4 is 16.1 Å². The molecule has 0 bridgehead atoms. The van der Waals surface area contributed by atoms with Gasteiger partial charge in [-0.25, -0.2) is 0 Å². The molecule has 21 heavy (non-hydrogen) atoms. The molecule has 2 heteroatoms. The van der Waals surface area contributed by atoms with Gasteiger partial charge in [0.05, 0.1) is 0 Å². The second-order valence-corrected chi connectivity index (χ2v) is 21.4. The molecule has 0 spiro atoms. The molecule has 0 aliphatic carbocycles. The third-order valence-corrected chi connectivity index (χ3v) is 8.87. The van der Waals surface area contributed by atoms with Crippen LogP contribution in [0.5, 0.6) is 0 Å². The largest absolute Gasteiger partial charge is 0.0695 e. The highest BCUT2D eigenvalue weighted by atomic mass is 28.3. The van der Waals surface area contributed by atoms with E-state index in [1.807, 2.05) is 0 Å². The van der Waals surface area contributed by atoms with Crippen LogP contribution in [0.25, 0.3) is 0 Å². The summed E-state index contributed by atoms with van der Waals surface area (Å²) in [5.41, 5.74) is 0. The van der Waals surface area contributed by atoms with E-state index in [9.17, 15) is 0 Å². The minimum Gasteiger partial charge on any atom is -0.0695 e. The predicted octanol–water partition coefficient (Wildman–Crippen LogP) is 7.38. The highest BCUT2D eigenvalue weighted by Gasteiger charge is 2.23. The van der Waals surface area contributed by atoms with Gasteiger partial charge in [0.25, 0.3) is 0 Å². The summed E-state index contributed by atoms with van der Waals surface area (Å²) in [6.07, 6.45) is 4.32. The van der Waals surface area contributed by atoms with Gasteiger partial charge >= 0.3 is 0 Å². The summed E-state index contributed by atoms with van der Waals surface area (Å²) in [5.74, 6) is 3.67. The first-order valence-electron chi connectivity index (χ1n) is 9.32. The number of hydrogen-bond acceptors (Lipinski definition) is 0. The van der Waals surface area contributed by atoms with Gasteiger partial charge in [-0.05, 0) is 23.7 Å². The predicted molar refractivity (Wildman–Crippen MR) is 107 cm³/mol. The van der Waals surface area contributed by atoms with Crippen LogP contribution in [-0.2, 0) is 0 Å². The van der Waals surface area contributed by atoms with Crippen molar-refractivity contribution in [2.24, 2.45) is 23.7 Å². The van der Waals surface area contributed by atoms with Crippen molar-refractivity contribution in [1.82, 2.24) is 0 Å². The molecular weight excluding hydrogens is 284 g/mol. The summed E-state index contributed by atoms with van der Waals surface area (Å²) in [7, 11) is -1.77. The molecule has 0 aliphatic rings. The lowest BCUT2D eigenvalue weighted by atomic mass is 9.87. The minimum atomic E-state index is -0.884. The maximum Gasteiger partial charge on any atom is 0.0445 e. The van der Waals surface area contributed by atoms with Crippen LogP contribution < -0.4 is 0 Å². The molecule has 0 aromatic carbocycles. The molecule has 128 valence electrons. The number of rotatable bonds is 10. The van der Waals surface area contributed by atoms with Gasteiger partial charge in [0.15, 0.2) is 0 Å². The van der Waals surface area contributed by atoms with Crippen molar-refractivity contribution < 1.29 is 0 Å². The topological polar surface area (TPSA) is 0 Å². The van der Waals surface area contributed by atoms with Gasteiger partial charge in [0.1, 0.15) is 0 Å². The van der Waals surface area contributed by atoms with Crippen molar-refractivity contribution in [2.75, 3.05) is 0 Å². The molecule has 0 N–H and O–H groups in total. The molecule has 0 aliphatic heterocycles. The molecule has 0 amide bonds. The fourth-order valence-corrected chi connectivity index (χ4v) is 8.33. The molecule has 0 nitrogen and oxygen atoms in total. The summed E-state index contributed by atoms with van der Waals surface area (Å²) in [4.78, 5) is 0. The Morgan fingerprint density at radius 2 is 0.810 bits per heavy atom. The summed E-state index contributed by atoms with van der Waals surface area (Å²) < 4.78 is 0. The first-order valence-corrected chi connectivity index (χ1v) is 16.7. The fourth-order valence-electron chi connectivity index (χ4n) is 3.67. The third-order valence-electron chi connectivity index (χ3n) is 5.13. The second-order valence-electron chi connectivity index (χ2n) is 10.4. The summed E-state index contributed by atoms with van der Waals surface area (Å²) in [6, 6.07) is 2.99. The molecule has 0 saturated heterocycles. The van der Waals surface area contributed by atoms with E-state index in [-0.39, 0.29) is 0 Å². The molecule has 0 aromatic rings. The van der Waals surface area contributed by atoms with E-state index in [4.69, 9.17) is 0 Å². The average Bonchev–Trinajstić information content (AvgIpc) is 2.23. The van der Waals surface area contributed by atoms with E-state index in [0.717, 1.165) is 23.7 Å². The summed E-state index contributed by atoms with van der Waals surface area (Å²) in [5, 5.41) is 0. The van der Waals surface area contributed by atoms with Crippen molar-refractivity contribution in [3.8, 4) is 0 Å². The van der Waals surface area contributed by atoms with E-state index >= 15 is 0 Å². The first-order chi connectivity index (χ1) is 9.32. The Labute approximate surface area is 138 Å². The molecule has 0 radical (unpaired) electrons. The van der Waals surface area contributed by atoms with Gasteiger partial charge in [-0.2, -0.15) is 0 Å². The monoisotopic (exact) mass is 328 g/mol. The quantitative estimate of drug-likeness (QED) is 0.367. The molecule has 0 saturated carbocycles. The molecule has 0 aromatic heterocycles. The third kappa shape index (κ3) is 11.6. The van der Waals surface area contributed by atoms with Gasteiger partial charge in [0, 0.05) is 16.1 Å². The normalized spacial score (nSPS) is 19.1. The van der Waals surface area contributed by atoms with E-state index in [1.54, 1.807) is 0 Å². The lowest BCUT2D eigenvalue weighted by Crippen LogP contribution is -2.26. The summed E-state index contributed by atoms with van der Waals surface area (Å²) >= 11 is 0. The van der Waals surface area contributed by atoms with Crippen LogP contribution in [0.15, 0.2) is 0 Å². The minimum absolute atomic E-state index is 0.884. The standard InChI is InChI=1S/C19H44Si2/c1-16(18(3)14-20(5,6)7)12-11-13-17(2)19(4)15-21(8,9)10/h16-19H,11-15H2,1-10H3. The molecule has 0 fully saturated rings. The van der Waals surface area contributed by atoms with Gasteiger partial charge < -0.3 is 0 Å². The van der Waals surface area contributed by atoms with E-state index < -0.39 is 16.1 Å². The van der Waals surface area contributed by atoms with Crippen molar-refractivity contribution in [3.63, 3.8) is 0 Å². The molecule has 4 atom stereocenters. The van der Waals surface area contributed by atoms with Crippen LogP contribution in [0.2, 0.25) is 51.4 Å². The Kier molecular flexibility index (Phi) is 9.09. The maximum absolute atomic E-state index is 2.51. The van der Waals surface area contributed by atoms with Crippen LogP contribution in [-0.4, -0.2) is 16.1 Å². The Morgan fingerprint density at radius 1 is 0.524 bits per heavy atom. The van der Waals surface area contributed by atoms with Crippen molar-refractivity contribution in [2.45, 2.75) is 98.3 Å². The Bertz CT molecular complexity index is 244. The highest BCUT2D eigenvalue weighted by Crippen LogP contribution is 2.30. The zero-order valence-corrected chi connectivity index (χ0v) is 18.8. The van der Waals surface area contributed by atoms with Crippen LogP contribution in [0.3, 0.4) is 0 Å².